The van der Waals surface area contributed by atoms with Crippen LogP contribution in [0.4, 0.5) is 0 Å². The molecule has 0 spiro atoms. The van der Waals surface area contributed by atoms with Gasteiger partial charge >= 0.3 is 5.97 Å². The van der Waals surface area contributed by atoms with Crippen molar-refractivity contribution >= 4 is 22.6 Å². The van der Waals surface area contributed by atoms with Crippen LogP contribution in [0.2, 0.25) is 36.3 Å². The summed E-state index contributed by atoms with van der Waals surface area (Å²) in [4.78, 5) is 11.2. The zero-order valence-electron chi connectivity index (χ0n) is 30.6. The van der Waals surface area contributed by atoms with Crippen LogP contribution in [0.1, 0.15) is 106 Å². The Morgan fingerprint density at radius 3 is 2.25 bits per heavy atom. The minimum Gasteiger partial charge on any atom is -0.481 e. The van der Waals surface area contributed by atoms with E-state index in [0.717, 1.165) is 54.7 Å². The number of rotatable bonds is 18. The van der Waals surface area contributed by atoms with E-state index < -0.39 is 41.8 Å². The summed E-state index contributed by atoms with van der Waals surface area (Å²) in [5, 5.41) is 9.17. The maximum Gasteiger partial charge on any atom is 0.303 e. The van der Waals surface area contributed by atoms with E-state index >= 15 is 0 Å². The molecule has 0 aromatic rings. The average molecular weight is 593 g/mol. The lowest BCUT2D eigenvalue weighted by atomic mass is 9.89. The number of hydrogen-bond donors (Lipinski definition) is 1. The van der Waals surface area contributed by atoms with E-state index in [-0.39, 0.29) is 30.0 Å². The van der Waals surface area contributed by atoms with Gasteiger partial charge in [-0.2, -0.15) is 0 Å². The zero-order chi connectivity index (χ0) is 33.3. The van der Waals surface area contributed by atoms with Crippen LogP contribution in [0.25, 0.3) is 0 Å². The topological polar surface area (TPSA) is 55.8 Å². The van der Waals surface area contributed by atoms with Crippen molar-refractivity contribution in [2.75, 3.05) is 0 Å². The van der Waals surface area contributed by atoms with Gasteiger partial charge in [0.2, 0.25) is 0 Å². The number of hydrogen-bond acceptors (Lipinski definition) is 3. The Labute approximate surface area is 254 Å². The molecule has 2 aliphatic carbocycles. The summed E-state index contributed by atoms with van der Waals surface area (Å²) in [6.07, 6.45) is 3.51. The van der Waals surface area contributed by atoms with Gasteiger partial charge in [0.25, 0.3) is 0 Å². The molecule has 0 amide bonds. The van der Waals surface area contributed by atoms with Crippen molar-refractivity contribution in [3.05, 3.63) is 23.8 Å². The third-order valence-electron chi connectivity index (χ3n) is 10.0. The number of fused-ring (bicyclic) bond motifs is 1. The molecule has 0 radical (unpaired) electrons. The molecule has 0 aliphatic heterocycles. The summed E-state index contributed by atoms with van der Waals surface area (Å²) < 4.78 is 47.5. The van der Waals surface area contributed by atoms with E-state index in [9.17, 15) is 9.90 Å². The van der Waals surface area contributed by atoms with Crippen LogP contribution in [-0.4, -0.2) is 39.9 Å². The molecule has 1 N–H and O–H groups in total. The predicted molar refractivity (Wildman–Crippen MR) is 174 cm³/mol. The lowest BCUT2D eigenvalue weighted by molar-refractivity contribution is -0.137. The molecule has 6 heteroatoms. The highest BCUT2D eigenvalue weighted by Crippen LogP contribution is 2.52. The summed E-state index contributed by atoms with van der Waals surface area (Å²) in [5.41, 5.74) is 0.898. The molecule has 0 heterocycles. The number of carbonyl (C=O) groups is 1. The van der Waals surface area contributed by atoms with E-state index in [1.807, 2.05) is 6.92 Å². The molecule has 40 heavy (non-hydrogen) atoms. The van der Waals surface area contributed by atoms with Crippen molar-refractivity contribution in [2.24, 2.45) is 23.7 Å². The van der Waals surface area contributed by atoms with Crippen molar-refractivity contribution in [3.63, 3.8) is 0 Å². The molecule has 2 fully saturated rings. The van der Waals surface area contributed by atoms with E-state index in [1.165, 1.54) is 6.08 Å². The van der Waals surface area contributed by atoms with Crippen LogP contribution in [0.3, 0.4) is 0 Å². The molecule has 4 nitrogen and oxygen atoms in total. The minimum absolute atomic E-state index is 0.0265. The van der Waals surface area contributed by atoms with E-state index in [2.05, 4.69) is 72.5 Å². The normalized spacial score (nSPS) is 27.9. The van der Waals surface area contributed by atoms with Gasteiger partial charge in [0, 0.05) is 24.2 Å². The Morgan fingerprint density at radius 1 is 1.07 bits per heavy atom. The predicted octanol–water partition coefficient (Wildman–Crippen LogP) is 9.60. The number of carboxylic acid groups (broad SMARTS) is 1. The van der Waals surface area contributed by atoms with E-state index in [0.29, 0.717) is 18.8 Å². The molecule has 1 unspecified atom stereocenters. The Balaban J connectivity index is 2.49. The Kier molecular flexibility index (Phi) is 12.4. The standard InChI is InChI=1S/C34H60O4Si2/c1-9-16-19-27(8)32(37-39(10-2,11-3)12-4)23-22-30-31-25-28(20-17-18-21-34(35)36)24-29(31)26-33(30)38-40(13-5,14-6)15-7/h20,22-23,27,29-33H,10-15,17-19,21,24-26H2,1-8H3,(H,35,36)/b23-22+,28-20+/t27?,29-,30+,31-,32+,33+/m0/s1/i17D2,18D2. The molecule has 0 saturated heterocycles. The summed E-state index contributed by atoms with van der Waals surface area (Å²) >= 11 is 0. The van der Waals surface area contributed by atoms with Gasteiger partial charge in [-0.15, -0.1) is 11.8 Å². The Morgan fingerprint density at radius 2 is 1.70 bits per heavy atom. The molecule has 0 aromatic carbocycles. The van der Waals surface area contributed by atoms with Crippen molar-refractivity contribution in [2.45, 2.75) is 149 Å². The number of aliphatic carboxylic acids is 1. The van der Waals surface area contributed by atoms with Crippen LogP contribution in [0, 0.1) is 35.5 Å². The fraction of sp³-hybridized carbons (Fsp3) is 0.794. The van der Waals surface area contributed by atoms with Crippen LogP contribution < -0.4 is 0 Å². The molecule has 6 atom stereocenters. The minimum atomic E-state index is -2.49. The van der Waals surface area contributed by atoms with Crippen LogP contribution >= 0.6 is 0 Å². The Bertz CT molecular complexity index is 1040. The third kappa shape index (κ3) is 9.44. The second-order valence-corrected chi connectivity index (χ2v) is 21.5. The maximum atomic E-state index is 11.2. The summed E-state index contributed by atoms with van der Waals surface area (Å²) in [5.74, 6) is 6.02. The van der Waals surface area contributed by atoms with Gasteiger partial charge in [-0.25, -0.2) is 0 Å². The van der Waals surface area contributed by atoms with Gasteiger partial charge in [0.1, 0.15) is 0 Å². The molecule has 2 aliphatic rings. The first-order chi connectivity index (χ1) is 20.6. The van der Waals surface area contributed by atoms with Gasteiger partial charge in [0.15, 0.2) is 16.6 Å². The molecule has 2 saturated carbocycles. The zero-order valence-corrected chi connectivity index (χ0v) is 28.6. The lowest BCUT2D eigenvalue weighted by Crippen LogP contribution is -2.42. The van der Waals surface area contributed by atoms with Crippen LogP contribution in [-0.2, 0) is 13.6 Å². The van der Waals surface area contributed by atoms with Crippen LogP contribution in [0.5, 0.6) is 0 Å². The SMILES string of the molecule is [2H]C([2H])(/C=C1\C[C@H]2C[C@@H](O[Si](CC)(CC)CC)[C@H](/C=C/[C@@H](O[Si](CC)(CC)CC)C(C)CC#CC)[C@H]2C1)C([2H])([2H])CC(=O)O. The maximum absolute atomic E-state index is 11.2. The Hall–Kier alpha value is -1.14. The third-order valence-corrected chi connectivity index (χ3v) is 19.3. The average Bonchev–Trinajstić information content (AvgIpc) is 3.50. The molecular weight excluding hydrogens is 529 g/mol. The van der Waals surface area contributed by atoms with Crippen molar-refractivity contribution in [3.8, 4) is 11.8 Å². The molecule has 228 valence electrons. The highest BCUT2D eigenvalue weighted by Gasteiger charge is 2.48. The van der Waals surface area contributed by atoms with Crippen molar-refractivity contribution < 1.29 is 24.2 Å². The molecule has 0 aromatic heterocycles. The van der Waals surface area contributed by atoms with E-state index in [4.69, 9.17) is 14.3 Å². The van der Waals surface area contributed by atoms with Gasteiger partial charge in [-0.05, 0) is 93.0 Å². The second kappa shape index (κ2) is 17.1. The van der Waals surface area contributed by atoms with Crippen molar-refractivity contribution in [1.82, 2.24) is 0 Å². The van der Waals surface area contributed by atoms with Crippen LogP contribution in [0.15, 0.2) is 23.8 Å². The van der Waals surface area contributed by atoms with E-state index in [1.54, 1.807) is 0 Å². The molecular formula is C34H60O4Si2. The van der Waals surface area contributed by atoms with Gasteiger partial charge < -0.3 is 14.0 Å². The van der Waals surface area contributed by atoms with Crippen molar-refractivity contribution in [1.29, 1.82) is 0 Å². The van der Waals surface area contributed by atoms with Gasteiger partial charge in [-0.3, -0.25) is 4.79 Å². The second-order valence-electron chi connectivity index (χ2n) is 12.1. The monoisotopic (exact) mass is 592 g/mol. The summed E-state index contributed by atoms with van der Waals surface area (Å²) in [6.45, 7) is 17.7. The lowest BCUT2D eigenvalue weighted by Gasteiger charge is -2.36. The molecule has 2 rings (SSSR count). The highest BCUT2D eigenvalue weighted by atomic mass is 28.4. The summed E-state index contributed by atoms with van der Waals surface area (Å²) in [7, 11) is -3.75. The first-order valence-corrected chi connectivity index (χ1v) is 21.0. The number of carboxylic acids is 1. The molecule has 0 bridgehead atoms. The number of allylic oxidation sites excluding steroid dienone is 2. The summed E-state index contributed by atoms with van der Waals surface area (Å²) in [6, 6.07) is 6.51. The first kappa shape index (κ1) is 29.0. The highest BCUT2D eigenvalue weighted by molar-refractivity contribution is 6.74. The fourth-order valence-corrected chi connectivity index (χ4v) is 12.6. The smallest absolute Gasteiger partial charge is 0.303 e. The largest absolute Gasteiger partial charge is 0.481 e. The quantitative estimate of drug-likeness (QED) is 0.0978. The van der Waals surface area contributed by atoms with Gasteiger partial charge in [0.05, 0.1) is 12.2 Å². The first-order valence-electron chi connectivity index (χ1n) is 18.0. The van der Waals surface area contributed by atoms with Gasteiger partial charge in [-0.1, -0.05) is 72.3 Å². The fourth-order valence-electron chi connectivity index (χ4n) is 6.84.